The maximum absolute atomic E-state index is 13.4. The van der Waals surface area contributed by atoms with E-state index in [0.29, 0.717) is 34.8 Å². The second-order valence-electron chi connectivity index (χ2n) is 4.70. The SMILES string of the molecule is CC(CN)CCc1nc(CSc2ccccc2F)no1. The molecule has 20 heavy (non-hydrogen) atoms. The monoisotopic (exact) mass is 295 g/mol. The molecular weight excluding hydrogens is 277 g/mol. The van der Waals surface area contributed by atoms with Crippen LogP contribution in [0.1, 0.15) is 25.1 Å². The number of hydrogen-bond donors (Lipinski definition) is 1. The molecular formula is C14H18FN3OS. The van der Waals surface area contributed by atoms with Gasteiger partial charge in [0, 0.05) is 11.3 Å². The smallest absolute Gasteiger partial charge is 0.226 e. The molecule has 0 aliphatic rings. The molecule has 0 aliphatic heterocycles. The van der Waals surface area contributed by atoms with Gasteiger partial charge in [-0.1, -0.05) is 24.2 Å². The Morgan fingerprint density at radius 2 is 2.20 bits per heavy atom. The van der Waals surface area contributed by atoms with E-state index >= 15 is 0 Å². The number of benzene rings is 1. The van der Waals surface area contributed by atoms with Gasteiger partial charge in [-0.05, 0) is 31.0 Å². The lowest BCUT2D eigenvalue weighted by atomic mass is 10.1. The molecule has 0 aliphatic carbocycles. The van der Waals surface area contributed by atoms with E-state index in [1.54, 1.807) is 18.2 Å². The summed E-state index contributed by atoms with van der Waals surface area (Å²) in [5, 5.41) is 3.90. The average molecular weight is 295 g/mol. The van der Waals surface area contributed by atoms with Crippen molar-refractivity contribution >= 4 is 11.8 Å². The average Bonchev–Trinajstić information content (AvgIpc) is 2.92. The minimum Gasteiger partial charge on any atom is -0.339 e. The molecule has 1 atom stereocenters. The van der Waals surface area contributed by atoms with Crippen LogP contribution in [0.4, 0.5) is 4.39 Å². The second kappa shape index (κ2) is 7.40. The third-order valence-electron chi connectivity index (χ3n) is 2.96. The van der Waals surface area contributed by atoms with Gasteiger partial charge in [-0.2, -0.15) is 4.98 Å². The lowest BCUT2D eigenvalue weighted by Crippen LogP contribution is -2.11. The maximum atomic E-state index is 13.4. The van der Waals surface area contributed by atoms with E-state index in [0.717, 1.165) is 12.8 Å². The van der Waals surface area contributed by atoms with E-state index in [1.807, 2.05) is 0 Å². The summed E-state index contributed by atoms with van der Waals surface area (Å²) in [6.45, 7) is 2.75. The van der Waals surface area contributed by atoms with Crippen LogP contribution in [-0.2, 0) is 12.2 Å². The van der Waals surface area contributed by atoms with Crippen molar-refractivity contribution in [3.63, 3.8) is 0 Å². The van der Waals surface area contributed by atoms with Crippen molar-refractivity contribution in [3.05, 3.63) is 41.8 Å². The van der Waals surface area contributed by atoms with E-state index in [4.69, 9.17) is 10.3 Å². The molecule has 6 heteroatoms. The molecule has 4 nitrogen and oxygen atoms in total. The van der Waals surface area contributed by atoms with Crippen LogP contribution >= 0.6 is 11.8 Å². The highest BCUT2D eigenvalue weighted by Crippen LogP contribution is 2.24. The number of hydrogen-bond acceptors (Lipinski definition) is 5. The minimum atomic E-state index is -0.224. The summed E-state index contributed by atoms with van der Waals surface area (Å²) in [7, 11) is 0. The van der Waals surface area contributed by atoms with E-state index in [2.05, 4.69) is 17.1 Å². The Labute approximate surface area is 121 Å². The summed E-state index contributed by atoms with van der Waals surface area (Å²) in [5.41, 5.74) is 5.56. The Morgan fingerprint density at radius 1 is 1.40 bits per heavy atom. The Kier molecular flexibility index (Phi) is 5.55. The molecule has 0 amide bonds. The lowest BCUT2D eigenvalue weighted by molar-refractivity contribution is 0.362. The molecule has 2 aromatic rings. The third-order valence-corrected chi connectivity index (χ3v) is 4.00. The van der Waals surface area contributed by atoms with Crippen LogP contribution in [0, 0.1) is 11.7 Å². The number of halogens is 1. The first kappa shape index (κ1) is 15.0. The summed E-state index contributed by atoms with van der Waals surface area (Å²) >= 11 is 1.36. The predicted octanol–water partition coefficient (Wildman–Crippen LogP) is 3.03. The zero-order chi connectivity index (χ0) is 14.4. The maximum Gasteiger partial charge on any atom is 0.226 e. The van der Waals surface area contributed by atoms with Gasteiger partial charge < -0.3 is 10.3 Å². The fourth-order valence-corrected chi connectivity index (χ4v) is 2.42. The highest BCUT2D eigenvalue weighted by Gasteiger charge is 2.09. The van der Waals surface area contributed by atoms with Gasteiger partial charge in [0.1, 0.15) is 5.82 Å². The minimum absolute atomic E-state index is 0.224. The standard InChI is InChI=1S/C14H18FN3OS/c1-10(8-16)6-7-14-17-13(18-19-14)9-20-12-5-3-2-4-11(12)15/h2-5,10H,6-9,16H2,1H3. The molecule has 0 bridgehead atoms. The van der Waals surface area contributed by atoms with Gasteiger partial charge in [0.25, 0.3) is 0 Å². The molecule has 108 valence electrons. The first-order chi connectivity index (χ1) is 9.69. The zero-order valence-corrected chi connectivity index (χ0v) is 12.2. The summed E-state index contributed by atoms with van der Waals surface area (Å²) in [4.78, 5) is 4.89. The second-order valence-corrected chi connectivity index (χ2v) is 5.72. The molecule has 0 spiro atoms. The fraction of sp³-hybridized carbons (Fsp3) is 0.429. The van der Waals surface area contributed by atoms with Crippen LogP contribution in [0.3, 0.4) is 0 Å². The molecule has 2 N–H and O–H groups in total. The fourth-order valence-electron chi connectivity index (χ4n) is 1.64. The molecule has 0 saturated carbocycles. The summed E-state index contributed by atoms with van der Waals surface area (Å²) < 4.78 is 18.6. The third kappa shape index (κ3) is 4.31. The number of nitrogens with two attached hydrogens (primary N) is 1. The van der Waals surface area contributed by atoms with Gasteiger partial charge in [0.2, 0.25) is 5.89 Å². The van der Waals surface area contributed by atoms with Gasteiger partial charge in [-0.3, -0.25) is 0 Å². The van der Waals surface area contributed by atoms with Crippen LogP contribution in [0.15, 0.2) is 33.7 Å². The van der Waals surface area contributed by atoms with Gasteiger partial charge in [-0.15, -0.1) is 11.8 Å². The molecule has 2 rings (SSSR count). The van der Waals surface area contributed by atoms with Gasteiger partial charge >= 0.3 is 0 Å². The number of aryl methyl sites for hydroxylation is 1. The zero-order valence-electron chi connectivity index (χ0n) is 11.4. The number of rotatable bonds is 7. The highest BCUT2D eigenvalue weighted by atomic mass is 32.2. The first-order valence-electron chi connectivity index (χ1n) is 6.58. The van der Waals surface area contributed by atoms with Crippen molar-refractivity contribution in [1.82, 2.24) is 10.1 Å². The van der Waals surface area contributed by atoms with Gasteiger partial charge in [0.05, 0.1) is 5.75 Å². The number of thioether (sulfide) groups is 1. The number of aromatic nitrogens is 2. The Bertz CT molecular complexity index is 547. The van der Waals surface area contributed by atoms with E-state index < -0.39 is 0 Å². The van der Waals surface area contributed by atoms with Crippen molar-refractivity contribution in [1.29, 1.82) is 0 Å². The topological polar surface area (TPSA) is 64.9 Å². The Morgan fingerprint density at radius 3 is 2.95 bits per heavy atom. The van der Waals surface area contributed by atoms with Crippen molar-refractivity contribution < 1.29 is 8.91 Å². The molecule has 1 aromatic carbocycles. The Balaban J connectivity index is 1.85. The van der Waals surface area contributed by atoms with Crippen molar-refractivity contribution in [2.24, 2.45) is 11.7 Å². The van der Waals surface area contributed by atoms with Crippen molar-refractivity contribution in [2.45, 2.75) is 30.4 Å². The van der Waals surface area contributed by atoms with E-state index in [-0.39, 0.29) is 5.82 Å². The van der Waals surface area contributed by atoms with Crippen LogP contribution in [0.25, 0.3) is 0 Å². The predicted molar refractivity (Wildman–Crippen MR) is 76.8 cm³/mol. The largest absolute Gasteiger partial charge is 0.339 e. The summed E-state index contributed by atoms with van der Waals surface area (Å²) in [6, 6.07) is 6.66. The summed E-state index contributed by atoms with van der Waals surface area (Å²) in [5.74, 6) is 1.93. The Hall–Kier alpha value is -1.40. The molecule has 0 radical (unpaired) electrons. The van der Waals surface area contributed by atoms with Gasteiger partial charge in [-0.25, -0.2) is 4.39 Å². The molecule has 0 fully saturated rings. The number of nitrogens with zero attached hydrogens (tertiary/aromatic N) is 2. The van der Waals surface area contributed by atoms with E-state index in [9.17, 15) is 4.39 Å². The highest BCUT2D eigenvalue weighted by molar-refractivity contribution is 7.98. The lowest BCUT2D eigenvalue weighted by Gasteiger charge is -2.03. The summed E-state index contributed by atoms with van der Waals surface area (Å²) in [6.07, 6.45) is 1.66. The normalized spacial score (nSPS) is 12.6. The van der Waals surface area contributed by atoms with Crippen LogP contribution in [-0.4, -0.2) is 16.7 Å². The first-order valence-corrected chi connectivity index (χ1v) is 7.56. The van der Waals surface area contributed by atoms with Crippen LogP contribution in [0.2, 0.25) is 0 Å². The van der Waals surface area contributed by atoms with Crippen molar-refractivity contribution in [3.8, 4) is 0 Å². The van der Waals surface area contributed by atoms with Gasteiger partial charge in [0.15, 0.2) is 5.82 Å². The quantitative estimate of drug-likeness (QED) is 0.795. The van der Waals surface area contributed by atoms with Crippen molar-refractivity contribution in [2.75, 3.05) is 6.54 Å². The molecule has 1 unspecified atom stereocenters. The molecule has 1 heterocycles. The van der Waals surface area contributed by atoms with E-state index in [1.165, 1.54) is 17.8 Å². The molecule has 1 aromatic heterocycles. The van der Waals surface area contributed by atoms with Crippen LogP contribution in [0.5, 0.6) is 0 Å². The van der Waals surface area contributed by atoms with Crippen LogP contribution < -0.4 is 5.73 Å². The molecule has 0 saturated heterocycles.